The fraction of sp³-hybridized carbons (Fsp3) is 0.500. The maximum Gasteiger partial charge on any atom is 0.218 e. The van der Waals surface area contributed by atoms with Crippen LogP contribution in [0.4, 0.5) is 5.69 Å². The van der Waals surface area contributed by atoms with Crippen molar-refractivity contribution in [3.8, 4) is 0 Å². The molecule has 1 aromatic rings. The summed E-state index contributed by atoms with van der Waals surface area (Å²) < 4.78 is 0. The molecule has 0 aliphatic heterocycles. The van der Waals surface area contributed by atoms with Crippen LogP contribution < -0.4 is 16.0 Å². The van der Waals surface area contributed by atoms with Crippen LogP contribution >= 0.6 is 0 Å². The van der Waals surface area contributed by atoms with Gasteiger partial charge in [-0.1, -0.05) is 12.1 Å². The zero-order valence-electron chi connectivity index (χ0n) is 11.6. The normalized spacial score (nSPS) is 14.0. The average Bonchev–Trinajstić information content (AvgIpc) is 2.27. The van der Waals surface area contributed by atoms with Crippen LogP contribution in [-0.2, 0) is 4.79 Å². The maximum absolute atomic E-state index is 10.8. The highest BCUT2D eigenvalue weighted by Gasteiger charge is 2.11. The summed E-state index contributed by atoms with van der Waals surface area (Å²) in [4.78, 5) is 12.9. The van der Waals surface area contributed by atoms with Crippen LogP contribution in [0, 0.1) is 0 Å². The van der Waals surface area contributed by atoms with Gasteiger partial charge in [-0.3, -0.25) is 4.79 Å². The van der Waals surface area contributed by atoms with Gasteiger partial charge in [0.15, 0.2) is 0 Å². The van der Waals surface area contributed by atoms with Crippen molar-refractivity contribution < 1.29 is 4.79 Å². The van der Waals surface area contributed by atoms with Crippen molar-refractivity contribution in [2.45, 2.75) is 32.4 Å². The lowest BCUT2D eigenvalue weighted by Crippen LogP contribution is -2.32. The van der Waals surface area contributed by atoms with E-state index >= 15 is 0 Å². The number of benzene rings is 1. The Labute approximate surface area is 109 Å². The summed E-state index contributed by atoms with van der Waals surface area (Å²) in [7, 11) is 4.04. The zero-order valence-corrected chi connectivity index (χ0v) is 11.6. The minimum absolute atomic E-state index is 0.0889. The van der Waals surface area contributed by atoms with Crippen LogP contribution in [0.1, 0.15) is 31.9 Å². The summed E-state index contributed by atoms with van der Waals surface area (Å²) in [5.41, 5.74) is 7.56. The lowest BCUT2D eigenvalue weighted by atomic mass is 10.1. The number of hydrogen-bond donors (Lipinski definition) is 2. The minimum Gasteiger partial charge on any atom is -0.378 e. The van der Waals surface area contributed by atoms with E-state index < -0.39 is 0 Å². The van der Waals surface area contributed by atoms with Crippen molar-refractivity contribution in [3.05, 3.63) is 29.8 Å². The molecular formula is C14H23N3O. The molecule has 100 valence electrons. The predicted molar refractivity (Wildman–Crippen MR) is 75.6 cm³/mol. The van der Waals surface area contributed by atoms with Crippen LogP contribution in [0.5, 0.6) is 0 Å². The van der Waals surface area contributed by atoms with Crippen LogP contribution in [0.15, 0.2) is 24.3 Å². The molecule has 0 aliphatic carbocycles. The topological polar surface area (TPSA) is 58.4 Å². The monoisotopic (exact) mass is 249 g/mol. The molecule has 4 heteroatoms. The van der Waals surface area contributed by atoms with E-state index in [1.165, 1.54) is 11.3 Å². The highest BCUT2D eigenvalue weighted by atomic mass is 16.1. The zero-order chi connectivity index (χ0) is 13.7. The third-order valence-corrected chi connectivity index (χ3v) is 2.95. The number of primary amides is 1. The van der Waals surface area contributed by atoms with Gasteiger partial charge in [0.05, 0.1) is 0 Å². The molecule has 2 atom stereocenters. The molecule has 2 unspecified atom stereocenters. The Morgan fingerprint density at radius 3 is 2.28 bits per heavy atom. The number of nitrogens with two attached hydrogens (primary N) is 1. The number of carbonyl (C=O) groups is 1. The van der Waals surface area contributed by atoms with Gasteiger partial charge < -0.3 is 16.0 Å². The molecule has 4 nitrogen and oxygen atoms in total. The average molecular weight is 249 g/mol. The van der Waals surface area contributed by atoms with Gasteiger partial charge in [-0.2, -0.15) is 0 Å². The first-order chi connectivity index (χ1) is 8.40. The van der Waals surface area contributed by atoms with E-state index in [1.807, 2.05) is 21.0 Å². The Kier molecular flexibility index (Phi) is 5.16. The number of anilines is 1. The minimum atomic E-state index is -0.273. The van der Waals surface area contributed by atoms with Gasteiger partial charge >= 0.3 is 0 Å². The number of nitrogens with zero attached hydrogens (tertiary/aromatic N) is 1. The number of nitrogens with one attached hydrogen (secondary N) is 1. The SMILES string of the molecule is CC(CC(N)=O)NC(C)c1ccc(N(C)C)cc1. The third-order valence-electron chi connectivity index (χ3n) is 2.95. The van der Waals surface area contributed by atoms with Crippen LogP contribution in [-0.4, -0.2) is 26.0 Å². The summed E-state index contributed by atoms with van der Waals surface area (Å²) in [6, 6.07) is 8.67. The molecule has 1 aromatic carbocycles. The quantitative estimate of drug-likeness (QED) is 0.806. The maximum atomic E-state index is 10.8. The fourth-order valence-electron chi connectivity index (χ4n) is 1.94. The highest BCUT2D eigenvalue weighted by Crippen LogP contribution is 2.18. The molecule has 18 heavy (non-hydrogen) atoms. The molecule has 0 spiro atoms. The second-order valence-electron chi connectivity index (χ2n) is 4.95. The molecule has 0 saturated heterocycles. The van der Waals surface area contributed by atoms with Gasteiger partial charge in [-0.15, -0.1) is 0 Å². The largest absolute Gasteiger partial charge is 0.378 e. The molecular weight excluding hydrogens is 226 g/mol. The molecule has 1 amide bonds. The van der Waals surface area contributed by atoms with Gasteiger partial charge in [0.1, 0.15) is 0 Å². The summed E-state index contributed by atoms with van der Waals surface area (Å²) >= 11 is 0. The Morgan fingerprint density at radius 2 is 1.83 bits per heavy atom. The first-order valence-electron chi connectivity index (χ1n) is 6.21. The predicted octanol–water partition coefficient (Wildman–Crippen LogP) is 1.67. The molecule has 0 saturated carbocycles. The van der Waals surface area contributed by atoms with E-state index in [1.54, 1.807) is 0 Å². The Balaban J connectivity index is 2.61. The smallest absolute Gasteiger partial charge is 0.218 e. The van der Waals surface area contributed by atoms with E-state index in [0.29, 0.717) is 6.42 Å². The standard InChI is InChI=1S/C14H23N3O/c1-10(9-14(15)18)16-11(2)12-5-7-13(8-6-12)17(3)4/h5-8,10-11,16H,9H2,1-4H3,(H2,15,18). The van der Waals surface area contributed by atoms with Crippen molar-refractivity contribution in [1.29, 1.82) is 0 Å². The molecule has 0 aromatic heterocycles. The van der Waals surface area contributed by atoms with Crippen molar-refractivity contribution in [1.82, 2.24) is 5.32 Å². The van der Waals surface area contributed by atoms with Gasteiger partial charge in [0, 0.05) is 38.3 Å². The summed E-state index contributed by atoms with van der Waals surface area (Å²) in [5, 5.41) is 3.36. The molecule has 3 N–H and O–H groups in total. The molecule has 1 rings (SSSR count). The molecule has 0 aliphatic rings. The van der Waals surface area contributed by atoms with E-state index in [0.717, 1.165) is 0 Å². The first kappa shape index (κ1) is 14.5. The van der Waals surface area contributed by atoms with E-state index in [-0.39, 0.29) is 18.0 Å². The molecule has 0 fully saturated rings. The van der Waals surface area contributed by atoms with Gasteiger partial charge in [-0.05, 0) is 31.5 Å². The second-order valence-corrected chi connectivity index (χ2v) is 4.95. The van der Waals surface area contributed by atoms with Crippen molar-refractivity contribution in [2.24, 2.45) is 5.73 Å². The Bertz CT molecular complexity index is 387. The molecule has 0 heterocycles. The fourth-order valence-corrected chi connectivity index (χ4v) is 1.94. The summed E-state index contributed by atoms with van der Waals surface area (Å²) in [6.45, 7) is 4.05. The lowest BCUT2D eigenvalue weighted by molar-refractivity contribution is -0.118. The van der Waals surface area contributed by atoms with E-state index in [2.05, 4.69) is 41.4 Å². The van der Waals surface area contributed by atoms with Crippen LogP contribution in [0.25, 0.3) is 0 Å². The van der Waals surface area contributed by atoms with Crippen molar-refractivity contribution in [2.75, 3.05) is 19.0 Å². The summed E-state index contributed by atoms with van der Waals surface area (Å²) in [6.07, 6.45) is 0.361. The van der Waals surface area contributed by atoms with Gasteiger partial charge in [-0.25, -0.2) is 0 Å². The second kappa shape index (κ2) is 6.40. The number of amides is 1. The van der Waals surface area contributed by atoms with Crippen LogP contribution in [0.2, 0.25) is 0 Å². The van der Waals surface area contributed by atoms with Crippen molar-refractivity contribution in [3.63, 3.8) is 0 Å². The summed E-state index contributed by atoms with van der Waals surface area (Å²) in [5.74, 6) is -0.273. The van der Waals surface area contributed by atoms with Crippen LogP contribution in [0.3, 0.4) is 0 Å². The Morgan fingerprint density at radius 1 is 1.28 bits per heavy atom. The number of hydrogen-bond acceptors (Lipinski definition) is 3. The van der Waals surface area contributed by atoms with E-state index in [9.17, 15) is 4.79 Å². The molecule has 0 bridgehead atoms. The van der Waals surface area contributed by atoms with Gasteiger partial charge in [0.25, 0.3) is 0 Å². The number of carbonyl (C=O) groups excluding carboxylic acids is 1. The number of rotatable bonds is 6. The molecule has 0 radical (unpaired) electrons. The van der Waals surface area contributed by atoms with Gasteiger partial charge in [0.2, 0.25) is 5.91 Å². The van der Waals surface area contributed by atoms with Crippen molar-refractivity contribution >= 4 is 11.6 Å². The third kappa shape index (κ3) is 4.37. The van der Waals surface area contributed by atoms with E-state index in [4.69, 9.17) is 5.73 Å². The first-order valence-corrected chi connectivity index (χ1v) is 6.21. The highest BCUT2D eigenvalue weighted by molar-refractivity contribution is 5.74. The lowest BCUT2D eigenvalue weighted by Gasteiger charge is -2.20. The Hall–Kier alpha value is -1.55.